The summed E-state index contributed by atoms with van der Waals surface area (Å²) in [7, 11) is 3.35. The van der Waals surface area contributed by atoms with Gasteiger partial charge < -0.3 is 14.8 Å². The van der Waals surface area contributed by atoms with E-state index in [-0.39, 0.29) is 23.6 Å². The number of esters is 1. The van der Waals surface area contributed by atoms with E-state index in [0.717, 1.165) is 24.5 Å². The zero-order valence-corrected chi connectivity index (χ0v) is 21.8. The second-order valence-electron chi connectivity index (χ2n) is 10.1. The Balaban J connectivity index is 1.69. The van der Waals surface area contributed by atoms with Gasteiger partial charge in [-0.3, -0.25) is 14.5 Å². The van der Waals surface area contributed by atoms with E-state index in [1.807, 2.05) is 29.2 Å². The third-order valence-corrected chi connectivity index (χ3v) is 7.76. The molecule has 1 saturated carbocycles. The molecule has 1 saturated heterocycles. The molecule has 2 aromatic rings. The van der Waals surface area contributed by atoms with Crippen LogP contribution in [0.5, 0.6) is 5.75 Å². The summed E-state index contributed by atoms with van der Waals surface area (Å²) in [6.07, 6.45) is -2.37. The zero-order valence-electron chi connectivity index (χ0n) is 21.8. The van der Waals surface area contributed by atoms with Crippen LogP contribution in [0.4, 0.5) is 13.2 Å². The number of alkyl halides is 3. The number of hydrogen-bond acceptors (Lipinski definition) is 5. The Morgan fingerprint density at radius 1 is 1.13 bits per heavy atom. The van der Waals surface area contributed by atoms with Crippen LogP contribution in [0.3, 0.4) is 0 Å². The van der Waals surface area contributed by atoms with Gasteiger partial charge in [0.05, 0.1) is 13.3 Å². The zero-order chi connectivity index (χ0) is 27.5. The number of piperidine rings is 1. The number of likely N-dealkylation sites (tertiary alicyclic amines) is 1. The average molecular weight is 531 g/mol. The number of nitrogens with one attached hydrogen (secondary N) is 1. The summed E-state index contributed by atoms with van der Waals surface area (Å²) in [4.78, 5) is 26.9. The minimum Gasteiger partial charge on any atom is -0.497 e. The molecule has 1 heterocycles. The number of carbonyl (C=O) groups excluding carboxylic acids is 2. The quantitative estimate of drug-likeness (QED) is 0.417. The first-order valence-electron chi connectivity index (χ1n) is 12.7. The summed E-state index contributed by atoms with van der Waals surface area (Å²) >= 11 is 0. The summed E-state index contributed by atoms with van der Waals surface area (Å²) in [5.74, 6) is -0.984. The topological polar surface area (TPSA) is 67.9 Å². The number of methoxy groups -OCH3 is 1. The summed E-state index contributed by atoms with van der Waals surface area (Å²) in [5, 5.41) is 2.67. The molecule has 1 aliphatic carbocycles. The number of nitrogens with zero attached hydrogens (tertiary/aromatic N) is 1. The van der Waals surface area contributed by atoms with Crippen LogP contribution in [0.15, 0.2) is 60.2 Å². The first-order chi connectivity index (χ1) is 18.0. The van der Waals surface area contributed by atoms with E-state index in [1.54, 1.807) is 32.4 Å². The number of hydrogen-bond donors (Lipinski definition) is 1. The maximum absolute atomic E-state index is 14.0. The van der Waals surface area contributed by atoms with Crippen LogP contribution in [0.1, 0.15) is 43.7 Å². The van der Waals surface area contributed by atoms with Gasteiger partial charge in [-0.2, -0.15) is 13.2 Å². The van der Waals surface area contributed by atoms with Crippen LogP contribution in [0, 0.1) is 5.92 Å². The second kappa shape index (κ2) is 11.2. The molecule has 4 atom stereocenters. The van der Waals surface area contributed by atoms with Gasteiger partial charge in [0.25, 0.3) is 5.91 Å². The van der Waals surface area contributed by atoms with Crippen molar-refractivity contribution in [2.24, 2.45) is 5.92 Å². The van der Waals surface area contributed by atoms with E-state index in [2.05, 4.69) is 5.32 Å². The van der Waals surface area contributed by atoms with Gasteiger partial charge in [-0.15, -0.1) is 0 Å². The van der Waals surface area contributed by atoms with Gasteiger partial charge in [-0.05, 0) is 62.1 Å². The number of ether oxygens (including phenoxy) is 2. The lowest BCUT2D eigenvalue weighted by atomic mass is 9.57. The number of amides is 1. The van der Waals surface area contributed by atoms with Crippen molar-refractivity contribution in [3.05, 3.63) is 71.3 Å². The third kappa shape index (κ3) is 5.88. The van der Waals surface area contributed by atoms with Crippen molar-refractivity contribution < 1.29 is 32.2 Å². The first kappa shape index (κ1) is 27.7. The fourth-order valence-electron chi connectivity index (χ4n) is 5.99. The summed E-state index contributed by atoms with van der Waals surface area (Å²) in [6.45, 7) is 1.82. The molecule has 2 unspecified atom stereocenters. The number of rotatable bonds is 6. The molecule has 0 radical (unpaired) electrons. The molecular weight excluding hydrogens is 497 g/mol. The molecule has 1 aliphatic heterocycles. The highest BCUT2D eigenvalue weighted by Crippen LogP contribution is 2.51. The van der Waals surface area contributed by atoms with Crippen LogP contribution in [0.2, 0.25) is 0 Å². The monoisotopic (exact) mass is 530 g/mol. The van der Waals surface area contributed by atoms with Crippen molar-refractivity contribution in [2.45, 2.75) is 56.5 Å². The summed E-state index contributed by atoms with van der Waals surface area (Å²) in [5.41, 5.74) is -0.534. The van der Waals surface area contributed by atoms with Crippen molar-refractivity contribution in [3.63, 3.8) is 0 Å². The Hall–Kier alpha value is -3.33. The smallest absolute Gasteiger partial charge is 0.421 e. The summed E-state index contributed by atoms with van der Waals surface area (Å²) in [6, 6.07) is 15.6. The normalized spacial score (nSPS) is 26.3. The molecule has 1 amide bonds. The lowest BCUT2D eigenvalue weighted by molar-refractivity contribution is -0.157. The lowest BCUT2D eigenvalue weighted by Gasteiger charge is -2.55. The standard InChI is InChI=1S/C29H33F3N2O4/c1-19(35)38-25-13-8-14-28(21-11-7-12-22(16-21)37-3)17-26(34(2)18-24(25)28)33-27(36)23(29(30,31)32)15-20-9-5-4-6-10-20/h4-7,9-12,15-16,24-26H,8,13-14,17-18H2,1-3H3,(H,33,36)/t24?,25?,26-,28-/m0/s1. The number of carbonyl (C=O) groups is 2. The lowest BCUT2D eigenvalue weighted by Crippen LogP contribution is -2.63. The highest BCUT2D eigenvalue weighted by Gasteiger charge is 2.53. The van der Waals surface area contributed by atoms with Crippen LogP contribution in [-0.2, 0) is 19.7 Å². The fourth-order valence-corrected chi connectivity index (χ4v) is 5.99. The molecular formula is C29H33F3N2O4. The molecule has 0 aromatic heterocycles. The Kier molecular flexibility index (Phi) is 8.16. The molecule has 4 rings (SSSR count). The second-order valence-corrected chi connectivity index (χ2v) is 10.1. The molecule has 38 heavy (non-hydrogen) atoms. The highest BCUT2D eigenvalue weighted by atomic mass is 19.4. The number of benzene rings is 2. The third-order valence-electron chi connectivity index (χ3n) is 7.76. The van der Waals surface area contributed by atoms with E-state index in [4.69, 9.17) is 9.47 Å². The van der Waals surface area contributed by atoms with Gasteiger partial charge in [-0.25, -0.2) is 0 Å². The van der Waals surface area contributed by atoms with Crippen molar-refractivity contribution in [1.82, 2.24) is 10.2 Å². The fraction of sp³-hybridized carbons (Fsp3) is 0.448. The largest absolute Gasteiger partial charge is 0.497 e. The van der Waals surface area contributed by atoms with E-state index in [0.29, 0.717) is 25.1 Å². The van der Waals surface area contributed by atoms with Gasteiger partial charge in [0.1, 0.15) is 17.4 Å². The Bertz CT molecular complexity index is 1180. The van der Waals surface area contributed by atoms with E-state index in [9.17, 15) is 22.8 Å². The van der Waals surface area contributed by atoms with Crippen LogP contribution < -0.4 is 10.1 Å². The molecule has 6 nitrogen and oxygen atoms in total. The minimum absolute atomic E-state index is 0.104. The SMILES string of the molecule is COc1cccc([C@@]23CCCC(OC(C)=O)C2CN(C)[C@H](NC(=O)C(=Cc2ccccc2)C(F)(F)F)C3)c1. The minimum atomic E-state index is -4.83. The van der Waals surface area contributed by atoms with Gasteiger partial charge >= 0.3 is 12.1 Å². The van der Waals surface area contributed by atoms with Gasteiger partial charge in [0.2, 0.25) is 0 Å². The van der Waals surface area contributed by atoms with E-state index >= 15 is 0 Å². The van der Waals surface area contributed by atoms with Crippen LogP contribution in [-0.4, -0.2) is 55.9 Å². The molecule has 0 spiro atoms. The van der Waals surface area contributed by atoms with Crippen LogP contribution in [0.25, 0.3) is 6.08 Å². The molecule has 9 heteroatoms. The van der Waals surface area contributed by atoms with Crippen LogP contribution >= 0.6 is 0 Å². The highest BCUT2D eigenvalue weighted by molar-refractivity contribution is 5.99. The maximum Gasteiger partial charge on any atom is 0.421 e. The Labute approximate surface area is 220 Å². The van der Waals surface area contributed by atoms with Crippen molar-refractivity contribution >= 4 is 18.0 Å². The summed E-state index contributed by atoms with van der Waals surface area (Å²) < 4.78 is 53.1. The Morgan fingerprint density at radius 3 is 2.53 bits per heavy atom. The van der Waals surface area contributed by atoms with Crippen molar-refractivity contribution in [2.75, 3.05) is 20.7 Å². The number of fused-ring (bicyclic) bond motifs is 1. The molecule has 0 bridgehead atoms. The average Bonchev–Trinajstić information content (AvgIpc) is 2.88. The number of halogens is 3. The molecule has 1 N–H and O–H groups in total. The van der Waals surface area contributed by atoms with Crippen molar-refractivity contribution in [3.8, 4) is 5.75 Å². The van der Waals surface area contributed by atoms with Gasteiger partial charge in [0.15, 0.2) is 0 Å². The maximum atomic E-state index is 14.0. The molecule has 204 valence electrons. The first-order valence-corrected chi connectivity index (χ1v) is 12.7. The van der Waals surface area contributed by atoms with E-state index < -0.39 is 29.2 Å². The van der Waals surface area contributed by atoms with Gasteiger partial charge in [-0.1, -0.05) is 42.5 Å². The predicted octanol–water partition coefficient (Wildman–Crippen LogP) is 5.09. The Morgan fingerprint density at radius 2 is 1.87 bits per heavy atom. The molecule has 2 aliphatic rings. The molecule has 2 aromatic carbocycles. The van der Waals surface area contributed by atoms with Gasteiger partial charge in [0, 0.05) is 24.8 Å². The predicted molar refractivity (Wildman–Crippen MR) is 137 cm³/mol. The van der Waals surface area contributed by atoms with E-state index in [1.165, 1.54) is 19.1 Å². The van der Waals surface area contributed by atoms with Crippen molar-refractivity contribution in [1.29, 1.82) is 0 Å². The molecule has 2 fully saturated rings.